The normalized spacial score (nSPS) is 11.0. The Morgan fingerprint density at radius 1 is 0.783 bits per heavy atom. The van der Waals surface area contributed by atoms with Crippen molar-refractivity contribution in [3.05, 3.63) is 76.8 Å². The first kappa shape index (κ1) is 14.3. The van der Waals surface area contributed by atoms with Gasteiger partial charge in [-0.25, -0.2) is 4.98 Å². The molecule has 0 N–H and O–H groups in total. The summed E-state index contributed by atoms with van der Waals surface area (Å²) in [5, 5.41) is 1.15. The maximum atomic E-state index is 6.23. The summed E-state index contributed by atoms with van der Waals surface area (Å²) in [6.07, 6.45) is 0. The van der Waals surface area contributed by atoms with Crippen LogP contribution in [0.4, 0.5) is 0 Å². The smallest absolute Gasteiger partial charge is 0.228 e. The highest BCUT2D eigenvalue weighted by molar-refractivity contribution is 6.35. The van der Waals surface area contributed by atoms with Crippen molar-refractivity contribution in [3.63, 3.8) is 0 Å². The molecule has 0 aliphatic carbocycles. The SMILES string of the molecule is Clc1ccc(Cl)c(-c2nc3cc(-c4ccccc4)ccc3o2)c1. The van der Waals surface area contributed by atoms with E-state index in [1.165, 1.54) is 0 Å². The topological polar surface area (TPSA) is 26.0 Å². The molecular formula is C19H11Cl2NO. The van der Waals surface area contributed by atoms with Crippen molar-refractivity contribution in [1.82, 2.24) is 4.98 Å². The number of nitrogens with zero attached hydrogens (tertiary/aromatic N) is 1. The third-order valence-corrected chi connectivity index (χ3v) is 4.22. The van der Waals surface area contributed by atoms with Crippen LogP contribution in [0.5, 0.6) is 0 Å². The second-order valence-corrected chi connectivity index (χ2v) is 6.04. The molecule has 1 aromatic heterocycles. The largest absolute Gasteiger partial charge is 0.436 e. The lowest BCUT2D eigenvalue weighted by Crippen LogP contribution is -1.80. The molecule has 4 rings (SSSR count). The molecule has 0 aliphatic heterocycles. The van der Waals surface area contributed by atoms with E-state index in [9.17, 15) is 0 Å². The van der Waals surface area contributed by atoms with Crippen molar-refractivity contribution >= 4 is 34.3 Å². The monoisotopic (exact) mass is 339 g/mol. The number of hydrogen-bond donors (Lipinski definition) is 0. The summed E-state index contributed by atoms with van der Waals surface area (Å²) in [5.74, 6) is 0.470. The number of halogens is 2. The first-order valence-corrected chi connectivity index (χ1v) is 7.88. The Bertz CT molecular complexity index is 993. The van der Waals surface area contributed by atoms with Gasteiger partial charge < -0.3 is 4.42 Å². The third-order valence-electron chi connectivity index (χ3n) is 3.65. The van der Waals surface area contributed by atoms with E-state index in [0.717, 1.165) is 22.2 Å². The molecule has 0 atom stereocenters. The van der Waals surface area contributed by atoms with Gasteiger partial charge in [-0.15, -0.1) is 0 Å². The van der Waals surface area contributed by atoms with Gasteiger partial charge in [0.1, 0.15) is 5.52 Å². The van der Waals surface area contributed by atoms with Gasteiger partial charge in [0.05, 0.1) is 10.6 Å². The lowest BCUT2D eigenvalue weighted by atomic mass is 10.1. The molecular weight excluding hydrogens is 329 g/mol. The predicted octanol–water partition coefficient (Wildman–Crippen LogP) is 6.47. The van der Waals surface area contributed by atoms with Crippen molar-refractivity contribution in [3.8, 4) is 22.6 Å². The average molecular weight is 340 g/mol. The molecule has 0 radical (unpaired) electrons. The molecule has 0 spiro atoms. The van der Waals surface area contributed by atoms with Gasteiger partial charge in [0.2, 0.25) is 5.89 Å². The summed E-state index contributed by atoms with van der Waals surface area (Å²) in [5.41, 5.74) is 4.43. The van der Waals surface area contributed by atoms with Crippen molar-refractivity contribution < 1.29 is 4.42 Å². The van der Waals surface area contributed by atoms with E-state index in [1.54, 1.807) is 18.2 Å². The standard InChI is InChI=1S/C19H11Cl2NO/c20-14-7-8-16(21)15(11-14)19-22-17-10-13(6-9-18(17)23-19)12-4-2-1-3-5-12/h1-11H. The molecule has 2 nitrogen and oxygen atoms in total. The van der Waals surface area contributed by atoms with Gasteiger partial charge in [-0.05, 0) is 41.5 Å². The molecule has 0 bridgehead atoms. The fourth-order valence-electron chi connectivity index (χ4n) is 2.51. The van der Waals surface area contributed by atoms with Gasteiger partial charge in [-0.3, -0.25) is 0 Å². The minimum absolute atomic E-state index is 0.470. The number of oxazole rings is 1. The van der Waals surface area contributed by atoms with Gasteiger partial charge in [0.15, 0.2) is 5.58 Å². The zero-order valence-corrected chi connectivity index (χ0v) is 13.5. The Morgan fingerprint density at radius 2 is 1.61 bits per heavy atom. The van der Waals surface area contributed by atoms with Crippen LogP contribution in [-0.4, -0.2) is 4.98 Å². The van der Waals surface area contributed by atoms with Crippen LogP contribution in [0, 0.1) is 0 Å². The molecule has 0 fully saturated rings. The van der Waals surface area contributed by atoms with Gasteiger partial charge in [0.25, 0.3) is 0 Å². The van der Waals surface area contributed by atoms with Crippen LogP contribution in [0.2, 0.25) is 10.0 Å². The van der Waals surface area contributed by atoms with Crippen molar-refractivity contribution in [2.45, 2.75) is 0 Å². The van der Waals surface area contributed by atoms with E-state index in [4.69, 9.17) is 27.6 Å². The van der Waals surface area contributed by atoms with Gasteiger partial charge in [-0.1, -0.05) is 59.6 Å². The second kappa shape index (κ2) is 5.73. The molecule has 112 valence electrons. The van der Waals surface area contributed by atoms with Crippen LogP contribution in [0.3, 0.4) is 0 Å². The third kappa shape index (κ3) is 2.72. The number of rotatable bonds is 2. The van der Waals surface area contributed by atoms with E-state index in [1.807, 2.05) is 36.4 Å². The van der Waals surface area contributed by atoms with Gasteiger partial charge >= 0.3 is 0 Å². The number of aromatic nitrogens is 1. The average Bonchev–Trinajstić information content (AvgIpc) is 3.00. The Hall–Kier alpha value is -2.29. The van der Waals surface area contributed by atoms with Crippen molar-refractivity contribution in [1.29, 1.82) is 0 Å². The van der Waals surface area contributed by atoms with Crippen molar-refractivity contribution in [2.75, 3.05) is 0 Å². The lowest BCUT2D eigenvalue weighted by molar-refractivity contribution is 0.620. The summed E-state index contributed by atoms with van der Waals surface area (Å²) < 4.78 is 5.83. The first-order valence-electron chi connectivity index (χ1n) is 7.12. The molecule has 0 aliphatic rings. The Morgan fingerprint density at radius 3 is 2.43 bits per heavy atom. The zero-order valence-electron chi connectivity index (χ0n) is 12.0. The number of hydrogen-bond acceptors (Lipinski definition) is 2. The van der Waals surface area contributed by atoms with E-state index < -0.39 is 0 Å². The minimum atomic E-state index is 0.470. The molecule has 0 saturated carbocycles. The Labute approximate surface area is 143 Å². The summed E-state index contributed by atoms with van der Waals surface area (Å²) in [4.78, 5) is 4.56. The maximum absolute atomic E-state index is 6.23. The van der Waals surface area contributed by atoms with Crippen LogP contribution in [0.15, 0.2) is 71.1 Å². The Balaban J connectivity index is 1.84. The molecule has 0 amide bonds. The summed E-state index contributed by atoms with van der Waals surface area (Å²) in [6.45, 7) is 0. The molecule has 23 heavy (non-hydrogen) atoms. The van der Waals surface area contributed by atoms with Crippen LogP contribution >= 0.6 is 23.2 Å². The number of benzene rings is 3. The van der Waals surface area contributed by atoms with E-state index >= 15 is 0 Å². The minimum Gasteiger partial charge on any atom is -0.436 e. The predicted molar refractivity (Wildman–Crippen MR) is 94.9 cm³/mol. The van der Waals surface area contributed by atoms with Crippen LogP contribution in [0.25, 0.3) is 33.7 Å². The van der Waals surface area contributed by atoms with E-state index in [-0.39, 0.29) is 0 Å². The van der Waals surface area contributed by atoms with Crippen LogP contribution < -0.4 is 0 Å². The molecule has 0 unspecified atom stereocenters. The highest BCUT2D eigenvalue weighted by atomic mass is 35.5. The quantitative estimate of drug-likeness (QED) is 0.418. The van der Waals surface area contributed by atoms with Crippen molar-refractivity contribution in [2.24, 2.45) is 0 Å². The lowest BCUT2D eigenvalue weighted by Gasteiger charge is -1.99. The molecule has 4 heteroatoms. The van der Waals surface area contributed by atoms with Crippen LogP contribution in [0.1, 0.15) is 0 Å². The maximum Gasteiger partial charge on any atom is 0.228 e. The van der Waals surface area contributed by atoms with Gasteiger partial charge in [0, 0.05) is 5.02 Å². The first-order chi connectivity index (χ1) is 11.2. The molecule has 1 heterocycles. The summed E-state index contributed by atoms with van der Waals surface area (Å²) in [6, 6.07) is 21.3. The zero-order chi connectivity index (χ0) is 15.8. The number of fused-ring (bicyclic) bond motifs is 1. The van der Waals surface area contributed by atoms with Crippen LogP contribution in [-0.2, 0) is 0 Å². The molecule has 0 saturated heterocycles. The van der Waals surface area contributed by atoms with E-state index in [0.29, 0.717) is 21.5 Å². The van der Waals surface area contributed by atoms with Gasteiger partial charge in [-0.2, -0.15) is 0 Å². The summed E-state index contributed by atoms with van der Waals surface area (Å²) >= 11 is 12.3. The summed E-state index contributed by atoms with van der Waals surface area (Å²) in [7, 11) is 0. The fourth-order valence-corrected chi connectivity index (χ4v) is 2.88. The van der Waals surface area contributed by atoms with E-state index in [2.05, 4.69) is 17.1 Å². The highest BCUT2D eigenvalue weighted by Crippen LogP contribution is 2.33. The molecule has 4 aromatic rings. The second-order valence-electron chi connectivity index (χ2n) is 5.19. The highest BCUT2D eigenvalue weighted by Gasteiger charge is 2.13. The molecule has 3 aromatic carbocycles. The Kier molecular flexibility index (Phi) is 3.56. The fraction of sp³-hybridized carbons (Fsp3) is 0.